The van der Waals surface area contributed by atoms with Gasteiger partial charge in [-0.1, -0.05) is 46.6 Å². The molecule has 3 aromatic rings. The lowest BCUT2D eigenvalue weighted by Crippen LogP contribution is -2.18. The van der Waals surface area contributed by atoms with Crippen LogP contribution in [0.5, 0.6) is 11.5 Å². The molecule has 0 saturated carbocycles. The summed E-state index contributed by atoms with van der Waals surface area (Å²) in [6.45, 7) is 5.53. The molecule has 3 rings (SSSR count). The number of H-pyrrole nitrogens is 1. The maximum absolute atomic E-state index is 6.06. The van der Waals surface area contributed by atoms with Crippen LogP contribution in [0.15, 0.2) is 40.9 Å². The molecule has 0 saturated heterocycles. The highest BCUT2D eigenvalue weighted by atomic mass is 79.9. The van der Waals surface area contributed by atoms with Crippen molar-refractivity contribution in [3.8, 4) is 11.5 Å². The first kappa shape index (κ1) is 22.7. The summed E-state index contributed by atoms with van der Waals surface area (Å²) in [4.78, 5) is 0. The Bertz CT molecular complexity index is 1050. The molecule has 30 heavy (non-hydrogen) atoms. The number of hydrogen-bond donors (Lipinski definition) is 2. The largest absolute Gasteiger partial charge is 0.490 e. The third kappa shape index (κ3) is 5.77. The topological polar surface area (TPSA) is 64.1 Å². The van der Waals surface area contributed by atoms with Crippen LogP contribution in [-0.4, -0.2) is 21.5 Å². The van der Waals surface area contributed by atoms with E-state index in [4.69, 9.17) is 33.3 Å². The standard InChI is InChI=1S/C21H24BrClN4O2S/c1-3-6-20-25-26-21(30)27(20)24-12-15-10-18(28-4-2)19(11-17(15)22)29-13-14-7-5-8-16(23)9-14/h5,7-11,24H,3-4,6,12-13H2,1-2H3,(H,26,30). The molecule has 0 amide bonds. The van der Waals surface area contributed by atoms with Crippen LogP contribution >= 0.6 is 39.7 Å². The molecule has 0 bridgehead atoms. The minimum Gasteiger partial charge on any atom is -0.490 e. The van der Waals surface area contributed by atoms with E-state index < -0.39 is 0 Å². The lowest BCUT2D eigenvalue weighted by Gasteiger charge is -2.16. The molecule has 1 aromatic heterocycles. The molecular weight excluding hydrogens is 488 g/mol. The third-order valence-corrected chi connectivity index (χ3v) is 5.59. The SMILES string of the molecule is CCCc1n[nH]c(=S)n1NCc1cc(OCC)c(OCc2cccc(Cl)c2)cc1Br. The van der Waals surface area contributed by atoms with Crippen molar-refractivity contribution in [2.45, 2.75) is 39.8 Å². The zero-order chi connectivity index (χ0) is 21.5. The van der Waals surface area contributed by atoms with Gasteiger partial charge in [0.05, 0.1) is 13.2 Å². The molecule has 0 atom stereocenters. The fourth-order valence-corrected chi connectivity index (χ4v) is 3.82. The van der Waals surface area contributed by atoms with E-state index in [0.717, 1.165) is 34.3 Å². The van der Waals surface area contributed by atoms with Gasteiger partial charge in [0, 0.05) is 15.9 Å². The molecule has 0 spiro atoms. The van der Waals surface area contributed by atoms with E-state index in [1.807, 2.05) is 48.0 Å². The van der Waals surface area contributed by atoms with E-state index in [1.165, 1.54) is 0 Å². The Morgan fingerprint density at radius 2 is 2.00 bits per heavy atom. The van der Waals surface area contributed by atoms with Crippen molar-refractivity contribution >= 4 is 39.7 Å². The minimum atomic E-state index is 0.398. The van der Waals surface area contributed by atoms with Gasteiger partial charge in [-0.25, -0.2) is 4.68 Å². The van der Waals surface area contributed by atoms with Crippen molar-refractivity contribution in [3.05, 3.63) is 67.6 Å². The molecule has 6 nitrogen and oxygen atoms in total. The molecule has 0 fully saturated rings. The summed E-state index contributed by atoms with van der Waals surface area (Å²) in [6.07, 6.45) is 1.82. The number of nitrogens with zero attached hydrogens (tertiary/aromatic N) is 2. The smallest absolute Gasteiger partial charge is 0.214 e. The van der Waals surface area contributed by atoms with Gasteiger partial charge in [0.2, 0.25) is 4.77 Å². The Hall–Kier alpha value is -2.03. The number of rotatable bonds is 10. The second-order valence-corrected chi connectivity index (χ2v) is 8.28. The van der Waals surface area contributed by atoms with Gasteiger partial charge in [0.25, 0.3) is 0 Å². The van der Waals surface area contributed by atoms with Crippen molar-refractivity contribution in [2.75, 3.05) is 12.0 Å². The van der Waals surface area contributed by atoms with Gasteiger partial charge in [-0.3, -0.25) is 5.10 Å². The number of nitrogens with one attached hydrogen (secondary N) is 2. The summed E-state index contributed by atoms with van der Waals surface area (Å²) >= 11 is 15.0. The van der Waals surface area contributed by atoms with Gasteiger partial charge in [-0.05, 0) is 61.0 Å². The van der Waals surface area contributed by atoms with E-state index in [-0.39, 0.29) is 0 Å². The second kappa shape index (κ2) is 10.8. The number of aromatic nitrogens is 3. The van der Waals surface area contributed by atoms with Crippen LogP contribution in [0.4, 0.5) is 0 Å². The van der Waals surface area contributed by atoms with Crippen LogP contribution in [0.25, 0.3) is 0 Å². The maximum atomic E-state index is 6.06. The average Bonchev–Trinajstić information content (AvgIpc) is 3.07. The average molecular weight is 512 g/mol. The Morgan fingerprint density at radius 3 is 2.73 bits per heavy atom. The Labute approximate surface area is 194 Å². The molecule has 0 aliphatic rings. The molecule has 1 heterocycles. The van der Waals surface area contributed by atoms with E-state index in [2.05, 4.69) is 38.5 Å². The van der Waals surface area contributed by atoms with Gasteiger partial charge in [0.1, 0.15) is 6.61 Å². The number of hydrogen-bond acceptors (Lipinski definition) is 5. The Kier molecular flexibility index (Phi) is 8.18. The van der Waals surface area contributed by atoms with E-state index in [0.29, 0.717) is 41.1 Å². The van der Waals surface area contributed by atoms with E-state index in [1.54, 1.807) is 0 Å². The monoisotopic (exact) mass is 510 g/mol. The van der Waals surface area contributed by atoms with Crippen LogP contribution in [0.2, 0.25) is 5.02 Å². The molecule has 0 unspecified atom stereocenters. The van der Waals surface area contributed by atoms with Crippen LogP contribution in [0.1, 0.15) is 37.2 Å². The fourth-order valence-electron chi connectivity index (χ4n) is 2.93. The number of aromatic amines is 1. The highest BCUT2D eigenvalue weighted by Gasteiger charge is 2.13. The summed E-state index contributed by atoms with van der Waals surface area (Å²) in [7, 11) is 0. The number of halogens is 2. The predicted octanol–water partition coefficient (Wildman–Crippen LogP) is 6.03. The first-order valence-electron chi connectivity index (χ1n) is 9.74. The molecule has 160 valence electrons. The van der Waals surface area contributed by atoms with Crippen LogP contribution < -0.4 is 14.9 Å². The minimum absolute atomic E-state index is 0.398. The summed E-state index contributed by atoms with van der Waals surface area (Å²) < 4.78 is 15.1. The Balaban J connectivity index is 1.77. The van der Waals surface area contributed by atoms with Gasteiger partial charge < -0.3 is 14.9 Å². The van der Waals surface area contributed by atoms with Crippen molar-refractivity contribution in [2.24, 2.45) is 0 Å². The second-order valence-electron chi connectivity index (χ2n) is 6.61. The zero-order valence-electron chi connectivity index (χ0n) is 16.9. The zero-order valence-corrected chi connectivity index (χ0v) is 20.0. The van der Waals surface area contributed by atoms with E-state index >= 15 is 0 Å². The molecule has 2 aromatic carbocycles. The number of ether oxygens (including phenoxy) is 2. The van der Waals surface area contributed by atoms with Crippen LogP contribution in [0, 0.1) is 4.77 Å². The number of benzene rings is 2. The molecular formula is C21H24BrClN4O2S. The molecule has 9 heteroatoms. The lowest BCUT2D eigenvalue weighted by atomic mass is 10.2. The summed E-state index contributed by atoms with van der Waals surface area (Å²) in [6, 6.07) is 11.5. The summed E-state index contributed by atoms with van der Waals surface area (Å²) in [5.74, 6) is 2.23. The van der Waals surface area contributed by atoms with Crippen molar-refractivity contribution in [1.29, 1.82) is 0 Å². The highest BCUT2D eigenvalue weighted by molar-refractivity contribution is 9.10. The summed E-state index contributed by atoms with van der Waals surface area (Å²) in [5.41, 5.74) is 5.34. The number of aryl methyl sites for hydroxylation is 1. The highest BCUT2D eigenvalue weighted by Crippen LogP contribution is 2.34. The van der Waals surface area contributed by atoms with Crippen molar-refractivity contribution < 1.29 is 9.47 Å². The van der Waals surface area contributed by atoms with Crippen molar-refractivity contribution in [1.82, 2.24) is 14.9 Å². The first-order valence-corrected chi connectivity index (χ1v) is 11.3. The van der Waals surface area contributed by atoms with Gasteiger partial charge >= 0.3 is 0 Å². The van der Waals surface area contributed by atoms with Gasteiger partial charge in [0.15, 0.2) is 17.3 Å². The van der Waals surface area contributed by atoms with Gasteiger partial charge in [-0.15, -0.1) is 0 Å². The van der Waals surface area contributed by atoms with Crippen LogP contribution in [0.3, 0.4) is 0 Å². The molecule has 2 N–H and O–H groups in total. The molecule has 0 aliphatic heterocycles. The quantitative estimate of drug-likeness (QED) is 0.325. The maximum Gasteiger partial charge on any atom is 0.214 e. The fraction of sp³-hybridized carbons (Fsp3) is 0.333. The summed E-state index contributed by atoms with van der Waals surface area (Å²) in [5, 5.41) is 7.80. The normalized spacial score (nSPS) is 10.8. The van der Waals surface area contributed by atoms with Crippen LogP contribution in [-0.2, 0) is 19.6 Å². The third-order valence-electron chi connectivity index (χ3n) is 4.34. The molecule has 0 radical (unpaired) electrons. The predicted molar refractivity (Wildman–Crippen MR) is 126 cm³/mol. The van der Waals surface area contributed by atoms with E-state index in [9.17, 15) is 0 Å². The van der Waals surface area contributed by atoms with Crippen molar-refractivity contribution in [3.63, 3.8) is 0 Å². The molecule has 0 aliphatic carbocycles. The first-order chi connectivity index (χ1) is 14.5. The lowest BCUT2D eigenvalue weighted by molar-refractivity contribution is 0.269. The Morgan fingerprint density at radius 1 is 1.20 bits per heavy atom. The van der Waals surface area contributed by atoms with Gasteiger partial charge in [-0.2, -0.15) is 5.10 Å².